The maximum Gasteiger partial charge on any atom is 0.310 e. The van der Waals surface area contributed by atoms with Crippen molar-refractivity contribution in [3.05, 3.63) is 143 Å². The minimum atomic E-state index is -1.54. The summed E-state index contributed by atoms with van der Waals surface area (Å²) < 4.78 is 17.1. The molecule has 6 aromatic carbocycles. The van der Waals surface area contributed by atoms with Gasteiger partial charge in [-0.25, -0.2) is 0 Å². The van der Waals surface area contributed by atoms with E-state index in [0.717, 1.165) is 36.8 Å². The number of aryl methyl sites for hydroxylation is 4. The third-order valence-electron chi connectivity index (χ3n) is 11.1. The van der Waals surface area contributed by atoms with E-state index < -0.39 is 8.16 Å². The Morgan fingerprint density at radius 1 is 0.500 bits per heavy atom. The van der Waals surface area contributed by atoms with Crippen molar-refractivity contribution in [2.24, 2.45) is 0 Å². The van der Waals surface area contributed by atoms with Crippen molar-refractivity contribution < 1.29 is 8.39 Å². The molecule has 0 aliphatic heterocycles. The number of benzene rings is 6. The molecule has 240 valence electrons. The van der Waals surface area contributed by atoms with Crippen LogP contribution in [0, 0.1) is 0 Å². The lowest BCUT2D eigenvalue weighted by molar-refractivity contribution is 0.558. The van der Waals surface area contributed by atoms with Gasteiger partial charge in [0.25, 0.3) is 0 Å². The average molecular weight is 648 g/mol. The first-order chi connectivity index (χ1) is 23.6. The molecule has 3 nitrogen and oxygen atoms in total. The summed E-state index contributed by atoms with van der Waals surface area (Å²) in [5.41, 5.74) is 10.4. The fraction of sp³-hybridized carbons (Fsp3) is 0.273. The molecule has 0 saturated carbocycles. The van der Waals surface area contributed by atoms with Crippen LogP contribution in [0.2, 0.25) is 0 Å². The van der Waals surface area contributed by atoms with E-state index in [4.69, 9.17) is 8.39 Å². The number of fused-ring (bicyclic) bond motifs is 9. The van der Waals surface area contributed by atoms with Crippen molar-refractivity contribution in [1.29, 1.82) is 0 Å². The van der Waals surface area contributed by atoms with Gasteiger partial charge in [0.1, 0.15) is 11.2 Å². The van der Waals surface area contributed by atoms with Crippen LogP contribution in [0.5, 0.6) is 0 Å². The standard InChI is InChI=1S/C44H42NO2P/c1-29(35-21-19-31-11-3-5-15-37(31)27-35)45(30(2)36-22-20-32-12-4-6-16-38(32)28-36)48-46-41-25-23-33-13-7-9-17-39(33)43(41)44-40-18-10-8-14-34(40)24-26-42(44)47-48/h3-6,11-12,15-16,19-30H,7-10,13-14,17-18H2,1-2H3/t29-,30-/m0/s1. The zero-order valence-electron chi connectivity index (χ0n) is 27.9. The summed E-state index contributed by atoms with van der Waals surface area (Å²) in [5.74, 6) is 0. The predicted molar refractivity (Wildman–Crippen MR) is 203 cm³/mol. The van der Waals surface area contributed by atoms with Crippen LogP contribution in [0.4, 0.5) is 0 Å². The third-order valence-corrected chi connectivity index (χ3v) is 12.9. The number of rotatable bonds is 5. The third kappa shape index (κ3) is 5.16. The van der Waals surface area contributed by atoms with Crippen molar-refractivity contribution in [2.75, 3.05) is 4.67 Å². The number of hydrogen-bond donors (Lipinski definition) is 0. The van der Waals surface area contributed by atoms with Crippen LogP contribution in [-0.2, 0) is 25.7 Å². The number of nitrogens with zero attached hydrogens (tertiary/aromatic N) is 1. The fourth-order valence-corrected chi connectivity index (χ4v) is 10.2. The second-order valence-corrected chi connectivity index (χ2v) is 15.2. The normalized spacial score (nSPS) is 15.9. The van der Waals surface area contributed by atoms with Gasteiger partial charge >= 0.3 is 8.16 Å². The second-order valence-electron chi connectivity index (χ2n) is 13.9. The lowest BCUT2D eigenvalue weighted by Crippen LogP contribution is -2.27. The molecular weight excluding hydrogens is 605 g/mol. The Balaban J connectivity index is 1.31. The summed E-state index contributed by atoms with van der Waals surface area (Å²) in [6.45, 7) is 4.65. The molecule has 0 fully saturated rings. The Kier molecular flexibility index (Phi) is 7.64. The van der Waals surface area contributed by atoms with E-state index in [2.05, 4.69) is 128 Å². The van der Waals surface area contributed by atoms with Gasteiger partial charge in [0, 0.05) is 22.9 Å². The van der Waals surface area contributed by atoms with Gasteiger partial charge in [0.2, 0.25) is 0 Å². The molecule has 0 unspecified atom stereocenters. The summed E-state index contributed by atoms with van der Waals surface area (Å²) in [6, 6.07) is 40.3. The van der Waals surface area contributed by atoms with E-state index in [1.54, 1.807) is 0 Å². The van der Waals surface area contributed by atoms with E-state index in [9.17, 15) is 0 Å². The highest BCUT2D eigenvalue weighted by molar-refractivity contribution is 7.39. The smallest absolute Gasteiger partial charge is 0.310 e. The summed E-state index contributed by atoms with van der Waals surface area (Å²) in [5, 5.41) is 7.64. The Labute approximate surface area is 283 Å². The Morgan fingerprint density at radius 3 is 1.42 bits per heavy atom. The molecule has 1 heterocycles. The second kappa shape index (κ2) is 12.3. The lowest BCUT2D eigenvalue weighted by atomic mass is 9.84. The van der Waals surface area contributed by atoms with Gasteiger partial charge in [-0.2, -0.15) is 4.67 Å². The molecule has 1 aromatic heterocycles. The molecule has 4 heteroatoms. The van der Waals surface area contributed by atoms with E-state index in [0.29, 0.717) is 0 Å². The molecule has 0 saturated heterocycles. The van der Waals surface area contributed by atoms with Crippen LogP contribution < -0.4 is 4.67 Å². The molecule has 48 heavy (non-hydrogen) atoms. The highest BCUT2D eigenvalue weighted by Crippen LogP contribution is 2.48. The molecule has 0 amide bonds. The van der Waals surface area contributed by atoms with Crippen molar-refractivity contribution in [3.8, 4) is 0 Å². The average Bonchev–Trinajstić information content (AvgIpc) is 3.31. The first-order valence-electron chi connectivity index (χ1n) is 17.8. The monoisotopic (exact) mass is 647 g/mol. The zero-order chi connectivity index (χ0) is 32.2. The number of hydrogen-bond acceptors (Lipinski definition) is 3. The zero-order valence-corrected chi connectivity index (χ0v) is 28.8. The van der Waals surface area contributed by atoms with Crippen LogP contribution in [-0.4, -0.2) is 0 Å². The Bertz CT molecular complexity index is 2210. The molecule has 0 bridgehead atoms. The van der Waals surface area contributed by atoms with Crippen molar-refractivity contribution in [3.63, 3.8) is 0 Å². The molecule has 2 atom stereocenters. The summed E-state index contributed by atoms with van der Waals surface area (Å²) in [6.07, 6.45) is 9.48. The summed E-state index contributed by atoms with van der Waals surface area (Å²) >= 11 is 0. The van der Waals surface area contributed by atoms with Crippen LogP contribution in [0.25, 0.3) is 43.5 Å². The van der Waals surface area contributed by atoms with Gasteiger partial charge in [-0.05, 0) is 144 Å². The quantitative estimate of drug-likeness (QED) is 0.186. The first kappa shape index (κ1) is 29.8. The molecule has 0 spiro atoms. The van der Waals surface area contributed by atoms with E-state index >= 15 is 0 Å². The molecule has 9 rings (SSSR count). The lowest BCUT2D eigenvalue weighted by Gasteiger charge is -2.32. The van der Waals surface area contributed by atoms with Gasteiger partial charge < -0.3 is 8.39 Å². The topological polar surface area (TPSA) is 29.5 Å². The van der Waals surface area contributed by atoms with Crippen molar-refractivity contribution in [2.45, 2.75) is 77.3 Å². The van der Waals surface area contributed by atoms with Crippen LogP contribution >= 0.6 is 8.16 Å². The highest BCUT2D eigenvalue weighted by Gasteiger charge is 2.30. The van der Waals surface area contributed by atoms with Gasteiger partial charge in [-0.3, -0.25) is 0 Å². The van der Waals surface area contributed by atoms with Crippen molar-refractivity contribution in [1.82, 2.24) is 0 Å². The molecule has 2 aliphatic carbocycles. The van der Waals surface area contributed by atoms with Crippen LogP contribution in [0.1, 0.15) is 85.0 Å². The van der Waals surface area contributed by atoms with Gasteiger partial charge in [0.15, 0.2) is 0 Å². The van der Waals surface area contributed by atoms with E-state index in [-0.39, 0.29) is 12.1 Å². The van der Waals surface area contributed by atoms with Gasteiger partial charge in [-0.1, -0.05) is 84.9 Å². The van der Waals surface area contributed by atoms with Crippen LogP contribution in [0.3, 0.4) is 0 Å². The largest absolute Gasteiger partial charge is 0.408 e. The molecule has 7 aromatic rings. The minimum Gasteiger partial charge on any atom is -0.408 e. The van der Waals surface area contributed by atoms with Crippen molar-refractivity contribution >= 4 is 51.6 Å². The molecular formula is C44H42NO2P. The summed E-state index contributed by atoms with van der Waals surface area (Å²) in [7, 11) is -1.54. The molecule has 0 N–H and O–H groups in total. The maximum absolute atomic E-state index is 7.29. The maximum atomic E-state index is 7.29. The molecule has 2 aliphatic rings. The van der Waals surface area contributed by atoms with Gasteiger partial charge in [-0.15, -0.1) is 0 Å². The Hall–Kier alpha value is -4.30. The highest BCUT2D eigenvalue weighted by atomic mass is 31.1. The summed E-state index contributed by atoms with van der Waals surface area (Å²) in [4.78, 5) is 0. The SMILES string of the molecule is C[C@@H](c1ccc2ccccc2c1)N([C@@H](C)c1ccc2ccccc2c1)p1oc2ccc3c(c2c2c4c(ccc2o1)CCCC4)CCCC3. The minimum absolute atomic E-state index is 0.0300. The van der Waals surface area contributed by atoms with E-state index in [1.807, 2.05) is 0 Å². The predicted octanol–water partition coefficient (Wildman–Crippen LogP) is 12.8. The van der Waals surface area contributed by atoms with Gasteiger partial charge in [0.05, 0.1) is 0 Å². The Morgan fingerprint density at radius 2 is 0.938 bits per heavy atom. The van der Waals surface area contributed by atoms with E-state index in [1.165, 1.54) is 91.4 Å². The fourth-order valence-electron chi connectivity index (χ4n) is 8.45. The first-order valence-corrected chi connectivity index (χ1v) is 19.0. The van der Waals surface area contributed by atoms with Crippen LogP contribution in [0.15, 0.2) is 118 Å². The molecule has 0 radical (unpaired) electrons.